The van der Waals surface area contributed by atoms with E-state index in [4.69, 9.17) is 5.73 Å². The highest BCUT2D eigenvalue weighted by molar-refractivity contribution is 14.0. The van der Waals surface area contributed by atoms with Gasteiger partial charge in [-0.05, 0) is 42.9 Å². The SMILES string of the molecule is CCc1ccc(NC(N)=NCCS(=O)(=O)NCC2CCC2)cc1.I. The Hall–Kier alpha value is -0.870. The molecule has 0 unspecified atom stereocenters. The van der Waals surface area contributed by atoms with Crippen LogP contribution < -0.4 is 15.8 Å². The lowest BCUT2D eigenvalue weighted by Gasteiger charge is -2.25. The minimum absolute atomic E-state index is 0. The van der Waals surface area contributed by atoms with Gasteiger partial charge in [-0.1, -0.05) is 25.5 Å². The van der Waals surface area contributed by atoms with E-state index < -0.39 is 10.0 Å². The fourth-order valence-electron chi connectivity index (χ4n) is 2.31. The van der Waals surface area contributed by atoms with Crippen molar-refractivity contribution >= 4 is 45.6 Å². The molecular formula is C16H27IN4O2S. The second kappa shape index (κ2) is 10.2. The molecule has 4 N–H and O–H groups in total. The van der Waals surface area contributed by atoms with Gasteiger partial charge < -0.3 is 11.1 Å². The third-order valence-electron chi connectivity index (χ3n) is 4.09. The monoisotopic (exact) mass is 466 g/mol. The lowest BCUT2D eigenvalue weighted by atomic mass is 9.86. The summed E-state index contributed by atoms with van der Waals surface area (Å²) in [6.45, 7) is 2.78. The summed E-state index contributed by atoms with van der Waals surface area (Å²) in [5, 5.41) is 2.96. The van der Waals surface area contributed by atoms with Gasteiger partial charge in [-0.3, -0.25) is 4.99 Å². The lowest BCUT2D eigenvalue weighted by molar-refractivity contribution is 0.316. The normalized spacial score (nSPS) is 15.5. The van der Waals surface area contributed by atoms with Crippen molar-refractivity contribution < 1.29 is 8.42 Å². The number of nitrogens with two attached hydrogens (primary N) is 1. The molecule has 0 heterocycles. The van der Waals surface area contributed by atoms with Gasteiger partial charge >= 0.3 is 0 Å². The molecular weight excluding hydrogens is 439 g/mol. The topological polar surface area (TPSA) is 96.6 Å². The largest absolute Gasteiger partial charge is 0.370 e. The van der Waals surface area contributed by atoms with Crippen LogP contribution in [0.1, 0.15) is 31.7 Å². The summed E-state index contributed by atoms with van der Waals surface area (Å²) in [6, 6.07) is 7.89. The first kappa shape index (κ1) is 21.2. The molecule has 0 spiro atoms. The molecule has 2 rings (SSSR count). The molecule has 1 aromatic carbocycles. The number of benzene rings is 1. The summed E-state index contributed by atoms with van der Waals surface area (Å²) in [5.74, 6) is 0.686. The van der Waals surface area contributed by atoms with Crippen LogP contribution in [0.4, 0.5) is 5.69 Å². The molecule has 0 amide bonds. The highest BCUT2D eigenvalue weighted by Gasteiger charge is 2.19. The van der Waals surface area contributed by atoms with Crippen LogP contribution in [-0.4, -0.2) is 33.2 Å². The number of guanidine groups is 1. The number of anilines is 1. The van der Waals surface area contributed by atoms with Crippen LogP contribution in [-0.2, 0) is 16.4 Å². The van der Waals surface area contributed by atoms with Crippen molar-refractivity contribution in [3.05, 3.63) is 29.8 Å². The molecule has 0 aromatic heterocycles. The Morgan fingerprint density at radius 2 is 1.96 bits per heavy atom. The van der Waals surface area contributed by atoms with Gasteiger partial charge in [0.25, 0.3) is 0 Å². The van der Waals surface area contributed by atoms with E-state index in [0.29, 0.717) is 12.5 Å². The number of hydrogen-bond donors (Lipinski definition) is 3. The summed E-state index contributed by atoms with van der Waals surface area (Å²) in [6.07, 6.45) is 4.43. The highest BCUT2D eigenvalue weighted by Crippen LogP contribution is 2.25. The second-order valence-corrected chi connectivity index (χ2v) is 7.83. The zero-order chi connectivity index (χ0) is 16.7. The summed E-state index contributed by atoms with van der Waals surface area (Å²) < 4.78 is 26.3. The first-order valence-corrected chi connectivity index (χ1v) is 9.77. The molecule has 0 aliphatic heterocycles. The quantitative estimate of drug-likeness (QED) is 0.311. The van der Waals surface area contributed by atoms with E-state index in [1.807, 2.05) is 24.3 Å². The molecule has 136 valence electrons. The summed E-state index contributed by atoms with van der Waals surface area (Å²) in [5.41, 5.74) is 7.87. The van der Waals surface area contributed by atoms with Crippen LogP contribution in [0, 0.1) is 5.92 Å². The Morgan fingerprint density at radius 1 is 1.29 bits per heavy atom. The van der Waals surface area contributed by atoms with Crippen LogP contribution in [0.3, 0.4) is 0 Å². The van der Waals surface area contributed by atoms with E-state index in [0.717, 1.165) is 24.9 Å². The number of aryl methyl sites for hydroxylation is 1. The Morgan fingerprint density at radius 3 is 2.50 bits per heavy atom. The van der Waals surface area contributed by atoms with E-state index in [-0.39, 0.29) is 42.2 Å². The van der Waals surface area contributed by atoms with E-state index in [1.54, 1.807) is 0 Å². The maximum atomic E-state index is 11.8. The zero-order valence-electron chi connectivity index (χ0n) is 14.0. The second-order valence-electron chi connectivity index (χ2n) is 5.91. The van der Waals surface area contributed by atoms with Gasteiger partial charge in [0.05, 0.1) is 12.3 Å². The molecule has 0 atom stereocenters. The number of rotatable bonds is 8. The Labute approximate surface area is 161 Å². The van der Waals surface area contributed by atoms with Gasteiger partial charge in [-0.2, -0.15) is 0 Å². The molecule has 1 saturated carbocycles. The van der Waals surface area contributed by atoms with Crippen LogP contribution in [0.25, 0.3) is 0 Å². The average molecular weight is 466 g/mol. The predicted octanol–water partition coefficient (Wildman–Crippen LogP) is 2.31. The number of sulfonamides is 1. The van der Waals surface area contributed by atoms with Crippen molar-refractivity contribution in [2.45, 2.75) is 32.6 Å². The van der Waals surface area contributed by atoms with E-state index in [2.05, 4.69) is 22.0 Å². The number of hydrogen-bond acceptors (Lipinski definition) is 3. The molecule has 0 saturated heterocycles. The van der Waals surface area contributed by atoms with Crippen LogP contribution in [0.15, 0.2) is 29.3 Å². The number of halogens is 1. The van der Waals surface area contributed by atoms with Crippen molar-refractivity contribution in [3.63, 3.8) is 0 Å². The maximum absolute atomic E-state index is 11.8. The Balaban J connectivity index is 0.00000288. The fourth-order valence-corrected chi connectivity index (χ4v) is 3.28. The van der Waals surface area contributed by atoms with E-state index in [1.165, 1.54) is 12.0 Å². The third-order valence-corrected chi connectivity index (χ3v) is 5.42. The Kier molecular flexibility index (Phi) is 8.99. The van der Waals surface area contributed by atoms with Gasteiger partial charge in [-0.25, -0.2) is 13.1 Å². The van der Waals surface area contributed by atoms with Gasteiger partial charge in [0, 0.05) is 12.2 Å². The first-order chi connectivity index (χ1) is 11.0. The van der Waals surface area contributed by atoms with Gasteiger partial charge in [0.2, 0.25) is 10.0 Å². The van der Waals surface area contributed by atoms with Crippen LogP contribution in [0.2, 0.25) is 0 Å². The van der Waals surface area contributed by atoms with Crippen LogP contribution in [0.5, 0.6) is 0 Å². The summed E-state index contributed by atoms with van der Waals surface area (Å²) in [7, 11) is -3.27. The Bertz CT molecular complexity index is 628. The first-order valence-electron chi connectivity index (χ1n) is 8.11. The summed E-state index contributed by atoms with van der Waals surface area (Å²) >= 11 is 0. The van der Waals surface area contributed by atoms with Crippen molar-refractivity contribution in [3.8, 4) is 0 Å². The third kappa shape index (κ3) is 7.35. The molecule has 1 aliphatic carbocycles. The highest BCUT2D eigenvalue weighted by atomic mass is 127. The maximum Gasteiger partial charge on any atom is 0.213 e. The van der Waals surface area contributed by atoms with Gasteiger partial charge in [0.1, 0.15) is 0 Å². The molecule has 0 radical (unpaired) electrons. The summed E-state index contributed by atoms with van der Waals surface area (Å²) in [4.78, 5) is 4.07. The average Bonchev–Trinajstić information content (AvgIpc) is 2.46. The number of nitrogens with zero attached hydrogens (tertiary/aromatic N) is 1. The minimum Gasteiger partial charge on any atom is -0.370 e. The molecule has 0 bridgehead atoms. The standard InChI is InChI=1S/C16H26N4O2S.HI/c1-2-13-6-8-15(9-7-13)20-16(17)18-10-11-23(21,22)19-12-14-4-3-5-14;/h6-9,14,19H,2-5,10-12H2,1H3,(H3,17,18,20);1H. The number of nitrogens with one attached hydrogen (secondary N) is 2. The molecule has 1 fully saturated rings. The van der Waals surface area contributed by atoms with Crippen molar-refractivity contribution in [2.75, 3.05) is 24.2 Å². The molecule has 8 heteroatoms. The fraction of sp³-hybridized carbons (Fsp3) is 0.562. The molecule has 24 heavy (non-hydrogen) atoms. The van der Waals surface area contributed by atoms with Crippen molar-refractivity contribution in [2.24, 2.45) is 16.6 Å². The predicted molar refractivity (Wildman–Crippen MR) is 110 cm³/mol. The minimum atomic E-state index is -3.27. The molecule has 1 aromatic rings. The number of aliphatic imine (C=N–C) groups is 1. The van der Waals surface area contributed by atoms with E-state index >= 15 is 0 Å². The lowest BCUT2D eigenvalue weighted by Crippen LogP contribution is -2.34. The zero-order valence-corrected chi connectivity index (χ0v) is 17.1. The van der Waals surface area contributed by atoms with Crippen molar-refractivity contribution in [1.29, 1.82) is 0 Å². The van der Waals surface area contributed by atoms with Gasteiger partial charge in [0.15, 0.2) is 5.96 Å². The van der Waals surface area contributed by atoms with E-state index in [9.17, 15) is 8.42 Å². The van der Waals surface area contributed by atoms with Crippen molar-refractivity contribution in [1.82, 2.24) is 4.72 Å². The molecule has 6 nitrogen and oxygen atoms in total. The van der Waals surface area contributed by atoms with Crippen LogP contribution >= 0.6 is 24.0 Å². The molecule has 1 aliphatic rings. The van der Waals surface area contributed by atoms with Gasteiger partial charge in [-0.15, -0.1) is 24.0 Å². The smallest absolute Gasteiger partial charge is 0.213 e.